The Kier molecular flexibility index (Phi) is 7.73. The first-order chi connectivity index (χ1) is 32.2. The highest BCUT2D eigenvalue weighted by Crippen LogP contribution is 2.63. The van der Waals surface area contributed by atoms with Gasteiger partial charge in [0.2, 0.25) is 0 Å². The van der Waals surface area contributed by atoms with E-state index in [9.17, 15) is 0 Å². The molecule has 0 saturated carbocycles. The van der Waals surface area contributed by atoms with Crippen LogP contribution in [0.25, 0.3) is 42.4 Å². The number of thiophene rings is 1. The summed E-state index contributed by atoms with van der Waals surface area (Å²) in [7, 11) is 0. The van der Waals surface area contributed by atoms with E-state index in [1.165, 1.54) is 75.8 Å². The minimum atomic E-state index is -0.602. The first-order valence-corrected chi connectivity index (χ1v) is 23.2. The van der Waals surface area contributed by atoms with Crippen molar-refractivity contribution in [2.45, 2.75) is 10.8 Å². The first-order valence-electron chi connectivity index (χ1n) is 22.4. The van der Waals surface area contributed by atoms with E-state index in [0.717, 1.165) is 39.7 Å². The van der Waals surface area contributed by atoms with Gasteiger partial charge in [0.25, 0.3) is 0 Å². The third kappa shape index (κ3) is 4.88. The second kappa shape index (κ2) is 13.8. The molecule has 0 amide bonds. The molecule has 10 aromatic carbocycles. The third-order valence-electron chi connectivity index (χ3n) is 14.4. The highest BCUT2D eigenvalue weighted by atomic mass is 32.1. The van der Waals surface area contributed by atoms with Crippen molar-refractivity contribution in [2.75, 3.05) is 4.90 Å². The van der Waals surface area contributed by atoms with Gasteiger partial charge in [0.1, 0.15) is 11.5 Å². The van der Waals surface area contributed by atoms with E-state index in [4.69, 9.17) is 4.74 Å². The number of benzene rings is 10. The van der Waals surface area contributed by atoms with E-state index >= 15 is 0 Å². The molecule has 2 heterocycles. The van der Waals surface area contributed by atoms with Crippen molar-refractivity contribution in [1.82, 2.24) is 0 Å². The van der Waals surface area contributed by atoms with Crippen molar-refractivity contribution in [2.24, 2.45) is 0 Å². The van der Waals surface area contributed by atoms with Crippen LogP contribution in [0, 0.1) is 0 Å². The van der Waals surface area contributed by atoms with Crippen LogP contribution >= 0.6 is 11.3 Å². The first kappa shape index (κ1) is 36.5. The Bertz CT molecular complexity index is 3630. The molecule has 0 atom stereocenters. The summed E-state index contributed by atoms with van der Waals surface area (Å²) >= 11 is 1.86. The van der Waals surface area contributed by atoms with Gasteiger partial charge in [-0.2, -0.15) is 0 Å². The quantitative estimate of drug-likeness (QED) is 0.171. The van der Waals surface area contributed by atoms with Crippen molar-refractivity contribution in [3.8, 4) is 33.8 Å². The van der Waals surface area contributed by atoms with Gasteiger partial charge in [-0.1, -0.05) is 182 Å². The smallest absolute Gasteiger partial charge is 0.132 e. The minimum Gasteiger partial charge on any atom is -0.457 e. The predicted octanol–water partition coefficient (Wildman–Crippen LogP) is 16.4. The van der Waals surface area contributed by atoms with Crippen LogP contribution < -0.4 is 9.64 Å². The molecule has 1 aliphatic heterocycles. The fourth-order valence-electron chi connectivity index (χ4n) is 11.9. The molecule has 14 rings (SSSR count). The largest absolute Gasteiger partial charge is 0.457 e. The maximum atomic E-state index is 6.96. The lowest BCUT2D eigenvalue weighted by Gasteiger charge is -2.40. The fraction of sp³-hybridized carbons (Fsp3) is 0.0323. The molecule has 0 unspecified atom stereocenters. The van der Waals surface area contributed by atoms with E-state index in [1.54, 1.807) is 0 Å². The van der Waals surface area contributed by atoms with Crippen molar-refractivity contribution >= 4 is 48.6 Å². The summed E-state index contributed by atoms with van der Waals surface area (Å²) in [5.74, 6) is 1.76. The summed E-state index contributed by atoms with van der Waals surface area (Å²) in [5, 5.41) is 2.51. The highest BCUT2D eigenvalue weighted by Gasteiger charge is 2.51. The molecule has 3 aliphatic rings. The van der Waals surface area contributed by atoms with Gasteiger partial charge in [-0.15, -0.1) is 11.3 Å². The minimum absolute atomic E-state index is 0.550. The zero-order valence-corrected chi connectivity index (χ0v) is 36.1. The molecule has 0 radical (unpaired) electrons. The molecule has 0 bridgehead atoms. The average Bonchev–Trinajstić information content (AvgIpc) is 4.00. The lowest BCUT2D eigenvalue weighted by atomic mass is 9.66. The van der Waals surface area contributed by atoms with Crippen molar-refractivity contribution < 1.29 is 4.74 Å². The van der Waals surface area contributed by atoms with Gasteiger partial charge >= 0.3 is 0 Å². The lowest BCUT2D eigenvalue weighted by molar-refractivity contribution is 0.436. The van der Waals surface area contributed by atoms with E-state index in [2.05, 4.69) is 241 Å². The van der Waals surface area contributed by atoms with Gasteiger partial charge in [-0.05, 0) is 110 Å². The summed E-state index contributed by atoms with van der Waals surface area (Å²) in [5.41, 5.74) is 17.1. The second-order valence-corrected chi connectivity index (χ2v) is 18.5. The zero-order valence-electron chi connectivity index (χ0n) is 35.3. The number of para-hydroxylation sites is 1. The highest BCUT2D eigenvalue weighted by molar-refractivity contribution is 7.26. The number of ether oxygens (including phenoxy) is 1. The molecule has 3 heteroatoms. The maximum Gasteiger partial charge on any atom is 0.132 e. The van der Waals surface area contributed by atoms with E-state index in [1.807, 2.05) is 11.3 Å². The topological polar surface area (TPSA) is 12.5 Å². The maximum absolute atomic E-state index is 6.96. The molecular weight excluding hydrogens is 807 g/mol. The van der Waals surface area contributed by atoms with Gasteiger partial charge in [0, 0.05) is 42.7 Å². The second-order valence-electron chi connectivity index (χ2n) is 17.5. The SMILES string of the molecule is c1ccc(C2(c3ccccc3)c3ccccc3-c3ccc(N(c4ccc5c(c4)C4(c6ccccc6O5)c5ccccc5-c5ccccc54)c4cccc5sc6ccccc6c45)cc32)cc1. The molecule has 2 aliphatic carbocycles. The van der Waals surface area contributed by atoms with Crippen LogP contribution in [0.1, 0.15) is 44.5 Å². The lowest BCUT2D eigenvalue weighted by Crippen LogP contribution is -2.32. The van der Waals surface area contributed by atoms with Crippen LogP contribution in [-0.4, -0.2) is 0 Å². The molecule has 65 heavy (non-hydrogen) atoms. The van der Waals surface area contributed by atoms with Crippen LogP contribution in [-0.2, 0) is 10.8 Å². The van der Waals surface area contributed by atoms with Crippen LogP contribution in [0.4, 0.5) is 17.1 Å². The van der Waals surface area contributed by atoms with Crippen LogP contribution in [0.5, 0.6) is 11.5 Å². The molecular formula is C62H39NOS. The third-order valence-corrected chi connectivity index (χ3v) is 15.5. The number of hydrogen-bond donors (Lipinski definition) is 0. The van der Waals surface area contributed by atoms with Gasteiger partial charge in [0.15, 0.2) is 0 Å². The standard InChI is InChI=1S/C62H39NOS/c1-3-18-40(19-4-1)61(41-20-5-2-6-21-41)49-26-11-7-24-46(49)47-36-34-42(38-53(47)61)63(55-30-17-33-59-60(55)48-25-10-16-32-58(48)65-59)43-35-37-57-54(39-43)62(52-29-14-15-31-56(52)64-57)50-27-12-8-22-44(50)45-23-9-13-28-51(45)62/h1-39H. The molecule has 1 aromatic heterocycles. The van der Waals surface area contributed by atoms with Crippen molar-refractivity contribution in [3.05, 3.63) is 281 Å². The Morgan fingerprint density at radius 3 is 1.51 bits per heavy atom. The summed E-state index contributed by atoms with van der Waals surface area (Å²) in [4.78, 5) is 2.52. The molecule has 11 aromatic rings. The Hall–Kier alpha value is -7.98. The summed E-state index contributed by atoms with van der Waals surface area (Å²) in [6.07, 6.45) is 0. The van der Waals surface area contributed by atoms with Crippen LogP contribution in [0.15, 0.2) is 237 Å². The van der Waals surface area contributed by atoms with Gasteiger partial charge in [0.05, 0.1) is 16.5 Å². The number of fused-ring (bicyclic) bond motifs is 15. The van der Waals surface area contributed by atoms with Crippen molar-refractivity contribution in [1.29, 1.82) is 0 Å². The Balaban J connectivity index is 1.08. The zero-order chi connectivity index (χ0) is 42.7. The number of anilines is 3. The molecule has 2 nitrogen and oxygen atoms in total. The Morgan fingerprint density at radius 2 is 0.831 bits per heavy atom. The number of hydrogen-bond acceptors (Lipinski definition) is 3. The number of nitrogens with zero attached hydrogens (tertiary/aromatic N) is 1. The van der Waals surface area contributed by atoms with Crippen LogP contribution in [0.2, 0.25) is 0 Å². The predicted molar refractivity (Wildman–Crippen MR) is 269 cm³/mol. The average molecular weight is 846 g/mol. The Morgan fingerprint density at radius 1 is 0.338 bits per heavy atom. The van der Waals surface area contributed by atoms with Gasteiger partial charge in [-0.25, -0.2) is 0 Å². The number of rotatable bonds is 5. The van der Waals surface area contributed by atoms with Crippen LogP contribution in [0.3, 0.4) is 0 Å². The summed E-state index contributed by atoms with van der Waals surface area (Å²) in [6.45, 7) is 0. The van der Waals surface area contributed by atoms with E-state index < -0.39 is 10.8 Å². The Labute approximate surface area is 381 Å². The van der Waals surface area contributed by atoms with Crippen molar-refractivity contribution in [3.63, 3.8) is 0 Å². The van der Waals surface area contributed by atoms with Gasteiger partial charge < -0.3 is 9.64 Å². The molecule has 0 N–H and O–H groups in total. The summed E-state index contributed by atoms with van der Waals surface area (Å²) < 4.78 is 9.50. The monoisotopic (exact) mass is 845 g/mol. The molecule has 1 spiro atoms. The summed E-state index contributed by atoms with van der Waals surface area (Å²) in [6, 6.07) is 87.6. The molecule has 0 fully saturated rings. The molecule has 0 saturated heterocycles. The fourth-order valence-corrected chi connectivity index (χ4v) is 13.1. The van der Waals surface area contributed by atoms with E-state index in [-0.39, 0.29) is 0 Å². The van der Waals surface area contributed by atoms with Gasteiger partial charge in [-0.3, -0.25) is 0 Å². The molecule has 304 valence electrons. The normalized spacial score (nSPS) is 14.2. The van der Waals surface area contributed by atoms with E-state index in [0.29, 0.717) is 0 Å².